The molecular formula is C18H34O6. The van der Waals surface area contributed by atoms with E-state index in [1.54, 1.807) is 0 Å². The van der Waals surface area contributed by atoms with Gasteiger partial charge in [-0.3, -0.25) is 4.79 Å². The number of ether oxygens (including phenoxy) is 2. The highest BCUT2D eigenvalue weighted by Crippen LogP contribution is 2.24. The SMILES string of the molecule is CCCCOC(CCCCCCCC(=O)O)(OCCCC)C(=O)O. The average Bonchev–Trinajstić information content (AvgIpc) is 2.53. The molecule has 0 aromatic heterocycles. The molecule has 0 radical (unpaired) electrons. The normalized spacial score (nSPS) is 11.6. The third-order valence-corrected chi connectivity index (χ3v) is 3.89. The Kier molecular flexibility index (Phi) is 13.5. The third-order valence-electron chi connectivity index (χ3n) is 3.89. The van der Waals surface area contributed by atoms with Gasteiger partial charge >= 0.3 is 11.9 Å². The van der Waals surface area contributed by atoms with Crippen molar-refractivity contribution < 1.29 is 29.3 Å². The molecule has 2 N–H and O–H groups in total. The summed E-state index contributed by atoms with van der Waals surface area (Å²) in [5, 5.41) is 18.2. The van der Waals surface area contributed by atoms with Crippen molar-refractivity contribution in [3.63, 3.8) is 0 Å². The number of hydrogen-bond acceptors (Lipinski definition) is 4. The van der Waals surface area contributed by atoms with Gasteiger partial charge in [0.15, 0.2) is 0 Å². The molecule has 0 heterocycles. The molecule has 0 atom stereocenters. The van der Waals surface area contributed by atoms with E-state index < -0.39 is 17.7 Å². The van der Waals surface area contributed by atoms with Crippen LogP contribution < -0.4 is 0 Å². The first-order valence-electron chi connectivity index (χ1n) is 9.21. The van der Waals surface area contributed by atoms with Crippen LogP contribution >= 0.6 is 0 Å². The zero-order chi connectivity index (χ0) is 18.3. The third kappa shape index (κ3) is 10.6. The Hall–Kier alpha value is -1.14. The van der Waals surface area contributed by atoms with E-state index in [0.29, 0.717) is 32.5 Å². The molecule has 0 saturated heterocycles. The summed E-state index contributed by atoms with van der Waals surface area (Å²) in [6, 6.07) is 0. The van der Waals surface area contributed by atoms with Gasteiger partial charge in [-0.2, -0.15) is 0 Å². The lowest BCUT2D eigenvalue weighted by Gasteiger charge is -2.30. The van der Waals surface area contributed by atoms with Gasteiger partial charge in [-0.25, -0.2) is 4.79 Å². The number of hydrogen-bond donors (Lipinski definition) is 2. The quantitative estimate of drug-likeness (QED) is 0.303. The van der Waals surface area contributed by atoms with Crippen LogP contribution in [0.2, 0.25) is 0 Å². The van der Waals surface area contributed by atoms with Gasteiger partial charge in [0.1, 0.15) is 0 Å². The van der Waals surface area contributed by atoms with Crippen LogP contribution in [-0.2, 0) is 19.1 Å². The van der Waals surface area contributed by atoms with E-state index >= 15 is 0 Å². The lowest BCUT2D eigenvalue weighted by atomic mass is 10.0. The molecule has 0 aliphatic carbocycles. The minimum absolute atomic E-state index is 0.194. The summed E-state index contributed by atoms with van der Waals surface area (Å²) in [4.78, 5) is 22.2. The van der Waals surface area contributed by atoms with Crippen molar-refractivity contribution in [1.82, 2.24) is 0 Å². The fourth-order valence-corrected chi connectivity index (χ4v) is 2.34. The Balaban J connectivity index is 4.33. The summed E-state index contributed by atoms with van der Waals surface area (Å²) >= 11 is 0. The van der Waals surface area contributed by atoms with Crippen molar-refractivity contribution in [3.05, 3.63) is 0 Å². The summed E-state index contributed by atoms with van der Waals surface area (Å²) in [6.45, 7) is 4.82. The predicted molar refractivity (Wildman–Crippen MR) is 92.0 cm³/mol. The molecule has 0 aromatic carbocycles. The van der Waals surface area contributed by atoms with Crippen LogP contribution in [0.1, 0.15) is 84.5 Å². The fourth-order valence-electron chi connectivity index (χ4n) is 2.34. The first-order valence-corrected chi connectivity index (χ1v) is 9.21. The first kappa shape index (κ1) is 22.9. The van der Waals surface area contributed by atoms with E-state index in [9.17, 15) is 14.7 Å². The van der Waals surface area contributed by atoms with Gasteiger partial charge in [-0.15, -0.1) is 0 Å². The molecular weight excluding hydrogens is 312 g/mol. The molecule has 6 heteroatoms. The molecule has 0 aliphatic rings. The Labute approximate surface area is 145 Å². The van der Waals surface area contributed by atoms with Crippen LogP contribution in [0.3, 0.4) is 0 Å². The van der Waals surface area contributed by atoms with Crippen LogP contribution in [0.25, 0.3) is 0 Å². The summed E-state index contributed by atoms with van der Waals surface area (Å²) in [7, 11) is 0. The standard InChI is InChI=1S/C18H34O6/c1-3-5-14-23-18(17(21)22,24-15-6-4-2)13-11-9-7-8-10-12-16(19)20/h3-15H2,1-2H3,(H,19,20)(H,21,22). The smallest absolute Gasteiger partial charge is 0.364 e. The zero-order valence-electron chi connectivity index (χ0n) is 15.2. The Morgan fingerprint density at radius 3 is 1.75 bits per heavy atom. The van der Waals surface area contributed by atoms with Crippen LogP contribution in [-0.4, -0.2) is 41.2 Å². The van der Waals surface area contributed by atoms with E-state index in [-0.39, 0.29) is 6.42 Å². The van der Waals surface area contributed by atoms with Gasteiger partial charge in [0.25, 0.3) is 5.79 Å². The predicted octanol–water partition coefficient (Wildman–Crippen LogP) is 4.22. The maximum Gasteiger partial charge on any atom is 0.364 e. The van der Waals surface area contributed by atoms with E-state index in [0.717, 1.165) is 44.9 Å². The molecule has 0 fully saturated rings. The highest BCUT2D eigenvalue weighted by molar-refractivity contribution is 5.75. The number of aliphatic carboxylic acids is 2. The van der Waals surface area contributed by atoms with Crippen LogP contribution in [0.5, 0.6) is 0 Å². The maximum absolute atomic E-state index is 11.7. The van der Waals surface area contributed by atoms with Gasteiger partial charge in [0, 0.05) is 12.8 Å². The van der Waals surface area contributed by atoms with Crippen molar-refractivity contribution >= 4 is 11.9 Å². The zero-order valence-corrected chi connectivity index (χ0v) is 15.2. The van der Waals surface area contributed by atoms with Gasteiger partial charge < -0.3 is 19.7 Å². The molecule has 6 nitrogen and oxygen atoms in total. The highest BCUT2D eigenvalue weighted by Gasteiger charge is 2.40. The molecule has 0 aliphatic heterocycles. The fraction of sp³-hybridized carbons (Fsp3) is 0.889. The summed E-state index contributed by atoms with van der Waals surface area (Å²) in [5.74, 6) is -3.36. The summed E-state index contributed by atoms with van der Waals surface area (Å²) in [5.41, 5.74) is 0. The molecule has 0 saturated carbocycles. The summed E-state index contributed by atoms with van der Waals surface area (Å²) < 4.78 is 11.3. The largest absolute Gasteiger partial charge is 0.481 e. The topological polar surface area (TPSA) is 93.1 Å². The molecule has 0 bridgehead atoms. The lowest BCUT2D eigenvalue weighted by Crippen LogP contribution is -2.45. The Bertz CT molecular complexity index is 332. The highest BCUT2D eigenvalue weighted by atomic mass is 16.7. The second-order valence-electron chi connectivity index (χ2n) is 6.12. The monoisotopic (exact) mass is 346 g/mol. The number of rotatable bonds is 17. The van der Waals surface area contributed by atoms with Crippen LogP contribution in [0.15, 0.2) is 0 Å². The Morgan fingerprint density at radius 2 is 1.29 bits per heavy atom. The van der Waals surface area contributed by atoms with Crippen molar-refractivity contribution in [3.8, 4) is 0 Å². The molecule has 142 valence electrons. The minimum Gasteiger partial charge on any atom is -0.481 e. The van der Waals surface area contributed by atoms with Crippen LogP contribution in [0, 0.1) is 0 Å². The average molecular weight is 346 g/mol. The lowest BCUT2D eigenvalue weighted by molar-refractivity contribution is -0.248. The molecule has 0 unspecified atom stereocenters. The van der Waals surface area contributed by atoms with Gasteiger partial charge in [-0.1, -0.05) is 46.0 Å². The minimum atomic E-state index is -1.54. The van der Waals surface area contributed by atoms with Crippen LogP contribution in [0.4, 0.5) is 0 Å². The maximum atomic E-state index is 11.7. The molecule has 0 aromatic rings. The van der Waals surface area contributed by atoms with Crippen molar-refractivity contribution in [2.75, 3.05) is 13.2 Å². The first-order chi connectivity index (χ1) is 11.5. The number of unbranched alkanes of at least 4 members (excludes halogenated alkanes) is 6. The second-order valence-corrected chi connectivity index (χ2v) is 6.12. The van der Waals surface area contributed by atoms with Crippen molar-refractivity contribution in [2.24, 2.45) is 0 Å². The van der Waals surface area contributed by atoms with E-state index in [1.807, 2.05) is 13.8 Å². The molecule has 0 spiro atoms. The summed E-state index contributed by atoms with van der Waals surface area (Å²) in [6.07, 6.45) is 7.96. The van der Waals surface area contributed by atoms with E-state index in [4.69, 9.17) is 14.6 Å². The number of carboxylic acid groups (broad SMARTS) is 2. The van der Waals surface area contributed by atoms with Gasteiger partial charge in [0.2, 0.25) is 0 Å². The molecule has 0 amide bonds. The van der Waals surface area contributed by atoms with Crippen molar-refractivity contribution in [1.29, 1.82) is 0 Å². The van der Waals surface area contributed by atoms with Crippen molar-refractivity contribution in [2.45, 2.75) is 90.3 Å². The van der Waals surface area contributed by atoms with E-state index in [1.165, 1.54) is 0 Å². The van der Waals surface area contributed by atoms with Gasteiger partial charge in [0.05, 0.1) is 13.2 Å². The molecule has 0 rings (SSSR count). The van der Waals surface area contributed by atoms with Gasteiger partial charge in [-0.05, 0) is 25.7 Å². The molecule has 24 heavy (non-hydrogen) atoms. The second kappa shape index (κ2) is 14.2. The number of carboxylic acids is 2. The number of carbonyl (C=O) groups is 2. The Morgan fingerprint density at radius 1 is 0.792 bits per heavy atom. The van der Waals surface area contributed by atoms with E-state index in [2.05, 4.69) is 0 Å².